The first-order chi connectivity index (χ1) is 14.5. The molecular formula is C23H17N3O4. The molecule has 7 heteroatoms. The largest absolute Gasteiger partial charge is 0.453 e. The molecule has 1 spiro atoms. The lowest BCUT2D eigenvalue weighted by molar-refractivity contribution is -0.384. The van der Waals surface area contributed by atoms with Gasteiger partial charge in [0, 0.05) is 30.3 Å². The van der Waals surface area contributed by atoms with Crippen LogP contribution in [0.15, 0.2) is 83.9 Å². The standard InChI is InChI=1S/C23H17N3O4/c1-25-19-10-6-5-9-18(19)23(22(25)27)20(15-11-13-17(14-12-15)26(28)29)24-21(30-23)16-7-3-2-4-8-16/h2-14,20H,1H3. The molecule has 0 bridgehead atoms. The van der Waals surface area contributed by atoms with E-state index in [2.05, 4.69) is 0 Å². The first-order valence-corrected chi connectivity index (χ1v) is 9.46. The van der Waals surface area contributed by atoms with Gasteiger partial charge in [-0.05, 0) is 35.9 Å². The number of nitrogens with zero attached hydrogens (tertiary/aromatic N) is 3. The van der Waals surface area contributed by atoms with Gasteiger partial charge in [-0.1, -0.05) is 36.4 Å². The number of nitro groups is 1. The summed E-state index contributed by atoms with van der Waals surface area (Å²) >= 11 is 0. The number of likely N-dealkylation sites (N-methyl/N-ethyl adjacent to an activating group) is 1. The average Bonchev–Trinajstić information content (AvgIpc) is 3.28. The molecule has 7 nitrogen and oxygen atoms in total. The van der Waals surface area contributed by atoms with Crippen LogP contribution in [0.25, 0.3) is 0 Å². The molecule has 148 valence electrons. The third kappa shape index (κ3) is 2.45. The topological polar surface area (TPSA) is 85.0 Å². The van der Waals surface area contributed by atoms with E-state index < -0.39 is 16.6 Å². The van der Waals surface area contributed by atoms with Crippen LogP contribution in [0.2, 0.25) is 0 Å². The fraction of sp³-hybridized carbons (Fsp3) is 0.130. The Morgan fingerprint density at radius 1 is 1.00 bits per heavy atom. The number of amides is 1. The number of nitro benzene ring substituents is 1. The van der Waals surface area contributed by atoms with Crippen LogP contribution in [0.5, 0.6) is 0 Å². The van der Waals surface area contributed by atoms with Crippen LogP contribution in [0.4, 0.5) is 11.4 Å². The van der Waals surface area contributed by atoms with E-state index >= 15 is 0 Å². The number of non-ortho nitro benzene ring substituents is 1. The molecule has 0 aromatic heterocycles. The molecule has 0 fully saturated rings. The first kappa shape index (κ1) is 18.1. The fourth-order valence-electron chi connectivity index (χ4n) is 4.16. The predicted molar refractivity (Wildman–Crippen MR) is 111 cm³/mol. The number of fused-ring (bicyclic) bond motifs is 2. The van der Waals surface area contributed by atoms with Gasteiger partial charge in [0.1, 0.15) is 6.04 Å². The molecule has 2 heterocycles. The second-order valence-electron chi connectivity index (χ2n) is 7.27. The van der Waals surface area contributed by atoms with Gasteiger partial charge in [-0.3, -0.25) is 14.9 Å². The number of aliphatic imine (C=N–C) groups is 1. The Balaban J connectivity index is 1.70. The molecule has 0 N–H and O–H groups in total. The van der Waals surface area contributed by atoms with Crippen molar-refractivity contribution in [2.75, 3.05) is 11.9 Å². The number of benzene rings is 3. The van der Waals surface area contributed by atoms with Crippen molar-refractivity contribution in [1.82, 2.24) is 0 Å². The lowest BCUT2D eigenvalue weighted by Crippen LogP contribution is -2.43. The Morgan fingerprint density at radius 2 is 1.67 bits per heavy atom. The van der Waals surface area contributed by atoms with Crippen molar-refractivity contribution >= 4 is 23.2 Å². The zero-order valence-electron chi connectivity index (χ0n) is 16.1. The van der Waals surface area contributed by atoms with Gasteiger partial charge in [0.05, 0.1) is 10.6 Å². The second kappa shape index (κ2) is 6.52. The number of ether oxygens (including phenoxy) is 1. The third-order valence-electron chi connectivity index (χ3n) is 5.62. The summed E-state index contributed by atoms with van der Waals surface area (Å²) < 4.78 is 6.37. The van der Waals surface area contributed by atoms with Gasteiger partial charge in [0.25, 0.3) is 11.6 Å². The van der Waals surface area contributed by atoms with Gasteiger partial charge in [-0.2, -0.15) is 0 Å². The first-order valence-electron chi connectivity index (χ1n) is 9.46. The summed E-state index contributed by atoms with van der Waals surface area (Å²) in [6.45, 7) is 0. The van der Waals surface area contributed by atoms with Crippen LogP contribution < -0.4 is 4.90 Å². The number of carbonyl (C=O) groups excluding carboxylic acids is 1. The van der Waals surface area contributed by atoms with E-state index in [1.807, 2.05) is 54.6 Å². The SMILES string of the molecule is CN1C(=O)C2(OC(c3ccccc3)=NC2c2ccc([N+](=O)[O-])cc2)c2ccccc21. The van der Waals surface area contributed by atoms with Crippen molar-refractivity contribution in [2.24, 2.45) is 4.99 Å². The highest BCUT2D eigenvalue weighted by Gasteiger charge is 2.61. The summed E-state index contributed by atoms with van der Waals surface area (Å²) in [7, 11) is 1.71. The summed E-state index contributed by atoms with van der Waals surface area (Å²) in [5, 5.41) is 11.1. The van der Waals surface area contributed by atoms with Crippen LogP contribution in [-0.4, -0.2) is 23.8 Å². The molecule has 0 radical (unpaired) electrons. The summed E-state index contributed by atoms with van der Waals surface area (Å²) in [5.74, 6) is 0.152. The summed E-state index contributed by atoms with van der Waals surface area (Å²) in [5.41, 5.74) is 1.56. The van der Waals surface area contributed by atoms with E-state index in [4.69, 9.17) is 9.73 Å². The number of hydrogen-bond acceptors (Lipinski definition) is 5. The maximum atomic E-state index is 13.5. The van der Waals surface area contributed by atoms with Crippen molar-refractivity contribution in [3.8, 4) is 0 Å². The minimum Gasteiger partial charge on any atom is -0.453 e. The van der Waals surface area contributed by atoms with E-state index in [1.165, 1.54) is 12.1 Å². The molecule has 2 atom stereocenters. The van der Waals surface area contributed by atoms with Gasteiger partial charge in [0.15, 0.2) is 0 Å². The highest BCUT2D eigenvalue weighted by molar-refractivity contribution is 6.11. The van der Waals surface area contributed by atoms with Gasteiger partial charge < -0.3 is 9.64 Å². The maximum absolute atomic E-state index is 13.5. The van der Waals surface area contributed by atoms with Gasteiger partial charge >= 0.3 is 0 Å². The van der Waals surface area contributed by atoms with Crippen molar-refractivity contribution in [3.05, 3.63) is 106 Å². The van der Waals surface area contributed by atoms with Gasteiger partial charge in [-0.15, -0.1) is 0 Å². The number of para-hydroxylation sites is 1. The van der Waals surface area contributed by atoms with Crippen molar-refractivity contribution in [3.63, 3.8) is 0 Å². The van der Waals surface area contributed by atoms with Crippen molar-refractivity contribution in [1.29, 1.82) is 0 Å². The molecule has 0 saturated carbocycles. The Hall–Kier alpha value is -4.00. The normalized spacial score (nSPS) is 22.0. The molecule has 5 rings (SSSR count). The highest BCUT2D eigenvalue weighted by Crippen LogP contribution is 2.54. The van der Waals surface area contributed by atoms with Crippen LogP contribution in [0, 0.1) is 10.1 Å². The summed E-state index contributed by atoms with van der Waals surface area (Å²) in [6.07, 6.45) is 0. The number of hydrogen-bond donors (Lipinski definition) is 0. The Kier molecular flexibility index (Phi) is 3.92. The molecule has 3 aromatic rings. The second-order valence-corrected chi connectivity index (χ2v) is 7.27. The maximum Gasteiger partial charge on any atom is 0.278 e. The third-order valence-corrected chi connectivity index (χ3v) is 5.62. The molecular weight excluding hydrogens is 382 g/mol. The average molecular weight is 399 g/mol. The number of rotatable bonds is 3. The van der Waals surface area contributed by atoms with E-state index in [0.29, 0.717) is 11.5 Å². The van der Waals surface area contributed by atoms with Crippen molar-refractivity contribution < 1.29 is 14.5 Å². The molecule has 1 amide bonds. The predicted octanol–water partition coefficient (Wildman–Crippen LogP) is 3.98. The van der Waals surface area contributed by atoms with Gasteiger partial charge in [-0.25, -0.2) is 4.99 Å². The molecule has 2 aliphatic heterocycles. The number of carbonyl (C=O) groups is 1. The lowest BCUT2D eigenvalue weighted by atomic mass is 9.84. The van der Waals surface area contributed by atoms with E-state index in [1.54, 1.807) is 24.1 Å². The zero-order chi connectivity index (χ0) is 20.9. The molecule has 30 heavy (non-hydrogen) atoms. The fourth-order valence-corrected chi connectivity index (χ4v) is 4.16. The minimum atomic E-state index is -1.35. The Bertz CT molecular complexity index is 1190. The Labute approximate surface area is 172 Å². The van der Waals surface area contributed by atoms with Crippen LogP contribution >= 0.6 is 0 Å². The molecule has 3 aromatic carbocycles. The van der Waals surface area contributed by atoms with E-state index in [0.717, 1.165) is 16.8 Å². The zero-order valence-corrected chi connectivity index (χ0v) is 16.1. The number of anilines is 1. The van der Waals surface area contributed by atoms with Crippen LogP contribution in [0.3, 0.4) is 0 Å². The summed E-state index contributed by atoms with van der Waals surface area (Å²) in [4.78, 5) is 30.5. The summed E-state index contributed by atoms with van der Waals surface area (Å²) in [6, 6.07) is 22.3. The van der Waals surface area contributed by atoms with Gasteiger partial charge in [0.2, 0.25) is 11.5 Å². The van der Waals surface area contributed by atoms with E-state index in [9.17, 15) is 14.9 Å². The quantitative estimate of drug-likeness (QED) is 0.492. The smallest absolute Gasteiger partial charge is 0.278 e. The van der Waals surface area contributed by atoms with Crippen LogP contribution in [0.1, 0.15) is 22.7 Å². The monoisotopic (exact) mass is 399 g/mol. The molecule has 0 saturated heterocycles. The van der Waals surface area contributed by atoms with E-state index in [-0.39, 0.29) is 11.6 Å². The van der Waals surface area contributed by atoms with Crippen molar-refractivity contribution in [2.45, 2.75) is 11.6 Å². The minimum absolute atomic E-state index is 0.0192. The molecule has 2 aliphatic rings. The Morgan fingerprint density at radius 3 is 2.37 bits per heavy atom. The highest BCUT2D eigenvalue weighted by atomic mass is 16.6. The molecule has 0 aliphatic carbocycles. The lowest BCUT2D eigenvalue weighted by Gasteiger charge is -2.28. The van der Waals surface area contributed by atoms with Crippen LogP contribution in [-0.2, 0) is 15.1 Å². The molecule has 2 unspecified atom stereocenters.